The molecule has 0 unspecified atom stereocenters. The molecule has 0 bridgehead atoms. The van der Waals surface area contributed by atoms with Gasteiger partial charge < -0.3 is 10.1 Å². The lowest BCUT2D eigenvalue weighted by atomic mass is 9.91. The summed E-state index contributed by atoms with van der Waals surface area (Å²) in [5.41, 5.74) is 0.309. The molecule has 0 radical (unpaired) electrons. The highest BCUT2D eigenvalue weighted by molar-refractivity contribution is 5.76. The van der Waals surface area contributed by atoms with Gasteiger partial charge in [-0.05, 0) is 37.1 Å². The molecule has 1 atom stereocenters. The molecule has 0 heterocycles. The molecule has 100 valence electrons. The van der Waals surface area contributed by atoms with Crippen LogP contribution in [0.5, 0.6) is 0 Å². The fraction of sp³-hybridized carbons (Fsp3) is 0.929. The van der Waals surface area contributed by atoms with Crippen LogP contribution in [0, 0.1) is 11.3 Å². The molecule has 0 aromatic heterocycles. The first kappa shape index (κ1) is 14.5. The second-order valence-corrected chi connectivity index (χ2v) is 6.31. The van der Waals surface area contributed by atoms with Crippen LogP contribution < -0.4 is 5.32 Å². The first-order valence-electron chi connectivity index (χ1n) is 6.75. The van der Waals surface area contributed by atoms with Gasteiger partial charge in [-0.3, -0.25) is 4.79 Å². The molecule has 3 nitrogen and oxygen atoms in total. The Kier molecular flexibility index (Phi) is 5.44. The normalized spacial score (nSPS) is 19.3. The Balaban J connectivity index is 2.43. The Morgan fingerprint density at radius 2 is 1.94 bits per heavy atom. The van der Waals surface area contributed by atoms with Crippen molar-refractivity contribution in [2.75, 3.05) is 13.7 Å². The molecule has 1 rings (SSSR count). The van der Waals surface area contributed by atoms with Gasteiger partial charge in [-0.15, -0.1) is 0 Å². The van der Waals surface area contributed by atoms with E-state index in [1.807, 2.05) is 0 Å². The summed E-state index contributed by atoms with van der Waals surface area (Å²) in [5.74, 6) is 0.383. The van der Waals surface area contributed by atoms with Crippen molar-refractivity contribution in [3.8, 4) is 0 Å². The Bertz CT molecular complexity index is 239. The molecule has 3 heteroatoms. The van der Waals surface area contributed by atoms with Crippen molar-refractivity contribution >= 4 is 5.97 Å². The summed E-state index contributed by atoms with van der Waals surface area (Å²) in [6, 6.07) is -0.0927. The number of hydrogen-bond acceptors (Lipinski definition) is 3. The standard InChI is InChI=1S/C14H27NO2/c1-14(2,3)9-10-15-12(13(16)17-4)11-7-5-6-8-11/h11-12,15H,5-10H2,1-4H3/t12-/m0/s1. The number of rotatable bonds is 5. The van der Waals surface area contributed by atoms with Gasteiger partial charge in [-0.25, -0.2) is 0 Å². The van der Waals surface area contributed by atoms with Crippen molar-refractivity contribution in [2.24, 2.45) is 11.3 Å². The van der Waals surface area contributed by atoms with Gasteiger partial charge in [0.25, 0.3) is 0 Å². The van der Waals surface area contributed by atoms with Crippen molar-refractivity contribution in [3.05, 3.63) is 0 Å². The maximum absolute atomic E-state index is 11.8. The first-order chi connectivity index (χ1) is 7.94. The summed E-state index contributed by atoms with van der Waals surface area (Å²) in [6.45, 7) is 7.55. The number of carbonyl (C=O) groups excluding carboxylic acids is 1. The smallest absolute Gasteiger partial charge is 0.323 e. The topological polar surface area (TPSA) is 38.3 Å². The molecular weight excluding hydrogens is 214 g/mol. The van der Waals surface area contributed by atoms with E-state index in [-0.39, 0.29) is 12.0 Å². The van der Waals surface area contributed by atoms with E-state index in [2.05, 4.69) is 26.1 Å². The second-order valence-electron chi connectivity index (χ2n) is 6.31. The van der Waals surface area contributed by atoms with Gasteiger partial charge in [0, 0.05) is 0 Å². The molecule has 0 aromatic carbocycles. The monoisotopic (exact) mass is 241 g/mol. The lowest BCUT2D eigenvalue weighted by Gasteiger charge is -2.25. The molecule has 1 aliphatic carbocycles. The van der Waals surface area contributed by atoms with Crippen molar-refractivity contribution < 1.29 is 9.53 Å². The number of ether oxygens (including phenoxy) is 1. The van der Waals surface area contributed by atoms with E-state index >= 15 is 0 Å². The zero-order valence-corrected chi connectivity index (χ0v) is 11.7. The quantitative estimate of drug-likeness (QED) is 0.752. The van der Waals surface area contributed by atoms with Crippen molar-refractivity contribution in [1.29, 1.82) is 0 Å². The van der Waals surface area contributed by atoms with Crippen LogP contribution in [-0.4, -0.2) is 25.7 Å². The Labute approximate surface area is 105 Å². The maximum atomic E-state index is 11.8. The van der Waals surface area contributed by atoms with Crippen molar-refractivity contribution in [2.45, 2.75) is 58.9 Å². The first-order valence-corrected chi connectivity index (χ1v) is 6.75. The van der Waals surface area contributed by atoms with Gasteiger partial charge in [-0.2, -0.15) is 0 Å². The van der Waals surface area contributed by atoms with Crippen LogP contribution in [-0.2, 0) is 9.53 Å². The third-order valence-corrected chi connectivity index (χ3v) is 3.57. The van der Waals surface area contributed by atoms with E-state index in [0.29, 0.717) is 11.3 Å². The molecule has 0 aromatic rings. The van der Waals surface area contributed by atoms with E-state index < -0.39 is 0 Å². The van der Waals surface area contributed by atoms with Gasteiger partial charge >= 0.3 is 5.97 Å². The van der Waals surface area contributed by atoms with Crippen LogP contribution in [0.25, 0.3) is 0 Å². The zero-order valence-electron chi connectivity index (χ0n) is 11.7. The van der Waals surface area contributed by atoms with Gasteiger partial charge in [0.2, 0.25) is 0 Å². The highest BCUT2D eigenvalue weighted by Gasteiger charge is 2.31. The van der Waals surface area contributed by atoms with Crippen LogP contribution in [0.15, 0.2) is 0 Å². The third-order valence-electron chi connectivity index (χ3n) is 3.57. The van der Waals surface area contributed by atoms with E-state index in [1.165, 1.54) is 20.0 Å². The predicted octanol–water partition coefficient (Wildman–Crippen LogP) is 2.74. The fourth-order valence-electron chi connectivity index (χ4n) is 2.46. The highest BCUT2D eigenvalue weighted by atomic mass is 16.5. The van der Waals surface area contributed by atoms with Crippen molar-refractivity contribution in [3.63, 3.8) is 0 Å². The molecule has 0 saturated heterocycles. The number of hydrogen-bond donors (Lipinski definition) is 1. The summed E-state index contributed by atoms with van der Waals surface area (Å²) in [4.78, 5) is 11.8. The number of carbonyl (C=O) groups is 1. The van der Waals surface area contributed by atoms with Crippen molar-refractivity contribution in [1.82, 2.24) is 5.32 Å². The Morgan fingerprint density at radius 1 is 1.35 bits per heavy atom. The summed E-state index contributed by atoms with van der Waals surface area (Å²) < 4.78 is 4.91. The Morgan fingerprint density at radius 3 is 2.41 bits per heavy atom. The molecule has 1 N–H and O–H groups in total. The van der Waals surface area contributed by atoms with Gasteiger partial charge in [0.15, 0.2) is 0 Å². The molecule has 1 fully saturated rings. The molecule has 0 spiro atoms. The molecule has 1 aliphatic rings. The third kappa shape index (κ3) is 5.07. The molecule has 17 heavy (non-hydrogen) atoms. The minimum Gasteiger partial charge on any atom is -0.468 e. The van der Waals surface area contributed by atoms with E-state index in [0.717, 1.165) is 25.8 Å². The molecule has 0 amide bonds. The van der Waals surface area contributed by atoms with Gasteiger partial charge in [0.05, 0.1) is 7.11 Å². The molecular formula is C14H27NO2. The van der Waals surface area contributed by atoms with Gasteiger partial charge in [-0.1, -0.05) is 33.6 Å². The summed E-state index contributed by atoms with van der Waals surface area (Å²) in [7, 11) is 1.48. The average Bonchev–Trinajstić information content (AvgIpc) is 2.75. The molecule has 1 saturated carbocycles. The van der Waals surface area contributed by atoms with Gasteiger partial charge in [0.1, 0.15) is 6.04 Å². The summed E-state index contributed by atoms with van der Waals surface area (Å²) in [5, 5.41) is 3.39. The van der Waals surface area contributed by atoms with E-state index in [1.54, 1.807) is 0 Å². The van der Waals surface area contributed by atoms with Crippen LogP contribution in [0.3, 0.4) is 0 Å². The lowest BCUT2D eigenvalue weighted by molar-refractivity contribution is -0.144. The zero-order chi connectivity index (χ0) is 12.9. The highest BCUT2D eigenvalue weighted by Crippen LogP contribution is 2.28. The summed E-state index contributed by atoms with van der Waals surface area (Å²) in [6.07, 6.45) is 5.88. The van der Waals surface area contributed by atoms with Crippen LogP contribution in [0.2, 0.25) is 0 Å². The van der Waals surface area contributed by atoms with E-state index in [9.17, 15) is 4.79 Å². The lowest BCUT2D eigenvalue weighted by Crippen LogP contribution is -2.43. The summed E-state index contributed by atoms with van der Waals surface area (Å²) >= 11 is 0. The largest absolute Gasteiger partial charge is 0.468 e. The predicted molar refractivity (Wildman–Crippen MR) is 69.8 cm³/mol. The fourth-order valence-corrected chi connectivity index (χ4v) is 2.46. The van der Waals surface area contributed by atoms with Crippen LogP contribution in [0.1, 0.15) is 52.9 Å². The maximum Gasteiger partial charge on any atom is 0.323 e. The average molecular weight is 241 g/mol. The second kappa shape index (κ2) is 6.39. The van der Waals surface area contributed by atoms with E-state index in [4.69, 9.17) is 4.74 Å². The van der Waals surface area contributed by atoms with Crippen LogP contribution in [0.4, 0.5) is 0 Å². The SMILES string of the molecule is COC(=O)[C@@H](NCCC(C)(C)C)C1CCCC1. The minimum absolute atomic E-state index is 0.0918. The molecule has 0 aliphatic heterocycles. The number of esters is 1. The van der Waals surface area contributed by atoms with Crippen LogP contribution >= 0.6 is 0 Å². The minimum atomic E-state index is -0.0927. The Hall–Kier alpha value is -0.570. The number of nitrogens with one attached hydrogen (secondary N) is 1. The number of methoxy groups -OCH3 is 1.